The second-order valence-corrected chi connectivity index (χ2v) is 5.66. The molecule has 0 bridgehead atoms. The van der Waals surface area contributed by atoms with Crippen molar-refractivity contribution in [1.29, 1.82) is 0 Å². The van der Waals surface area contributed by atoms with Gasteiger partial charge in [0.15, 0.2) is 0 Å². The first-order valence-electron chi connectivity index (χ1n) is 5.87. The molecule has 0 amide bonds. The van der Waals surface area contributed by atoms with Crippen LogP contribution < -0.4 is 0 Å². The minimum absolute atomic E-state index is 0.0823. The van der Waals surface area contributed by atoms with Gasteiger partial charge in [-0.1, -0.05) is 58.2 Å². The Morgan fingerprint density at radius 2 is 1.73 bits per heavy atom. The van der Waals surface area contributed by atoms with Crippen LogP contribution in [0.1, 0.15) is 47.5 Å². The quantitative estimate of drug-likeness (QED) is 0.470. The predicted octanol–water partition coefficient (Wildman–Crippen LogP) is 3.72. The van der Waals surface area contributed by atoms with Gasteiger partial charge in [-0.15, -0.1) is 6.58 Å². The fourth-order valence-electron chi connectivity index (χ4n) is 2.01. The summed E-state index contributed by atoms with van der Waals surface area (Å²) in [4.78, 5) is 0. The summed E-state index contributed by atoms with van der Waals surface area (Å²) in [5, 5.41) is -0.628. The van der Waals surface area contributed by atoms with E-state index in [-0.39, 0.29) is 5.41 Å². The first-order chi connectivity index (χ1) is 6.68. The molecule has 0 spiro atoms. The molecule has 0 nitrogen and oxygen atoms in total. The van der Waals surface area contributed by atoms with Gasteiger partial charge in [-0.05, 0) is 17.8 Å². The molecule has 0 aliphatic rings. The van der Waals surface area contributed by atoms with Gasteiger partial charge < -0.3 is 0 Å². The Hall–Kier alpha value is -0.130. The van der Waals surface area contributed by atoms with Gasteiger partial charge in [-0.25, -0.2) is 0 Å². The Kier molecular flexibility index (Phi) is 5.23. The normalized spacial score (nSPS) is 17.1. The lowest BCUT2D eigenvalue weighted by molar-refractivity contribution is 0.205. The third-order valence-corrected chi connectivity index (χ3v) is 3.75. The van der Waals surface area contributed by atoms with Crippen molar-refractivity contribution in [1.82, 2.24) is 0 Å². The van der Waals surface area contributed by atoms with Crippen LogP contribution in [-0.2, 0) is 0 Å². The summed E-state index contributed by atoms with van der Waals surface area (Å²) in [6.45, 7) is 14.4. The van der Waals surface area contributed by atoms with E-state index < -0.39 is 5.21 Å². The van der Waals surface area contributed by atoms with Gasteiger partial charge in [0.2, 0.25) is 0 Å². The molecule has 0 rings (SSSR count). The van der Waals surface area contributed by atoms with Crippen molar-refractivity contribution in [2.75, 3.05) is 0 Å². The highest BCUT2D eigenvalue weighted by Crippen LogP contribution is 2.49. The molecule has 2 heteroatoms. The number of rotatable bonds is 5. The van der Waals surface area contributed by atoms with Crippen molar-refractivity contribution >= 4 is 15.7 Å². The van der Waals surface area contributed by atoms with Crippen molar-refractivity contribution in [2.24, 2.45) is 17.3 Å². The Bertz CT molecular complexity index is 201. The van der Waals surface area contributed by atoms with Crippen molar-refractivity contribution in [3.05, 3.63) is 12.7 Å². The van der Waals surface area contributed by atoms with Crippen LogP contribution in [0.5, 0.6) is 0 Å². The zero-order valence-corrected chi connectivity index (χ0v) is 11.0. The SMILES string of the molecule is [B]C([B])(C(C)C(CC)CC=C)C(C)(C)C. The van der Waals surface area contributed by atoms with Gasteiger partial charge in [0.1, 0.15) is 0 Å². The lowest BCUT2D eigenvalue weighted by Gasteiger charge is -2.48. The molecular weight excluding hydrogens is 178 g/mol. The zero-order chi connectivity index (χ0) is 12.3. The second-order valence-electron chi connectivity index (χ2n) is 5.66. The standard InChI is InChI=1S/C13H24B2/c1-7-9-11(8-2)10(3)13(14,15)12(4,5)6/h7,10-11H,1,8-9H2,2-6H3. The molecule has 0 aliphatic heterocycles. The van der Waals surface area contributed by atoms with Crippen molar-refractivity contribution in [2.45, 2.75) is 52.7 Å². The van der Waals surface area contributed by atoms with Crippen LogP contribution in [-0.4, -0.2) is 15.7 Å². The average Bonchev–Trinajstić information content (AvgIpc) is 2.11. The Morgan fingerprint density at radius 1 is 1.27 bits per heavy atom. The van der Waals surface area contributed by atoms with Crippen LogP contribution in [0.4, 0.5) is 0 Å². The summed E-state index contributed by atoms with van der Waals surface area (Å²) in [5.74, 6) is 0.817. The van der Waals surface area contributed by atoms with Crippen molar-refractivity contribution in [3.63, 3.8) is 0 Å². The molecular formula is C13H24B2. The highest BCUT2D eigenvalue weighted by molar-refractivity contribution is 6.40. The van der Waals surface area contributed by atoms with E-state index in [0.29, 0.717) is 11.8 Å². The smallest absolute Gasteiger partial charge is 0.0631 e. The Morgan fingerprint density at radius 3 is 2.00 bits per heavy atom. The van der Waals surface area contributed by atoms with Crippen molar-refractivity contribution in [3.8, 4) is 0 Å². The number of hydrogen-bond donors (Lipinski definition) is 0. The van der Waals surface area contributed by atoms with E-state index in [9.17, 15) is 0 Å². The van der Waals surface area contributed by atoms with Gasteiger partial charge in [-0.2, -0.15) is 0 Å². The summed E-state index contributed by atoms with van der Waals surface area (Å²) in [6, 6.07) is 0. The summed E-state index contributed by atoms with van der Waals surface area (Å²) < 4.78 is 0. The van der Waals surface area contributed by atoms with Crippen LogP contribution in [0.3, 0.4) is 0 Å². The molecule has 0 saturated carbocycles. The Labute approximate surface area is 98.7 Å². The van der Waals surface area contributed by atoms with E-state index in [1.54, 1.807) is 0 Å². The minimum Gasteiger partial charge on any atom is -0.103 e. The third-order valence-electron chi connectivity index (χ3n) is 3.75. The first kappa shape index (κ1) is 14.9. The molecule has 0 aromatic heterocycles. The highest BCUT2D eigenvalue weighted by atomic mass is 14.4. The first-order valence-corrected chi connectivity index (χ1v) is 5.87. The second kappa shape index (κ2) is 5.27. The molecule has 0 aliphatic carbocycles. The fraction of sp³-hybridized carbons (Fsp3) is 0.846. The van der Waals surface area contributed by atoms with Crippen molar-refractivity contribution < 1.29 is 0 Å². The third kappa shape index (κ3) is 3.43. The maximum absolute atomic E-state index is 6.29. The summed E-state index contributed by atoms with van der Waals surface area (Å²) in [5.41, 5.74) is -0.0823. The van der Waals surface area contributed by atoms with Crippen LogP contribution in [0.25, 0.3) is 0 Å². The van der Waals surface area contributed by atoms with E-state index in [1.165, 1.54) is 0 Å². The number of allylic oxidation sites excluding steroid dienone is 1. The summed E-state index contributed by atoms with van der Waals surface area (Å²) >= 11 is 0. The minimum atomic E-state index is -0.628. The monoisotopic (exact) mass is 202 g/mol. The number of hydrogen-bond acceptors (Lipinski definition) is 0. The molecule has 0 aromatic carbocycles. The molecule has 15 heavy (non-hydrogen) atoms. The summed E-state index contributed by atoms with van der Waals surface area (Å²) in [7, 11) is 12.6. The van der Waals surface area contributed by atoms with Gasteiger partial charge in [0.05, 0.1) is 15.7 Å². The lowest BCUT2D eigenvalue weighted by atomic mass is 9.37. The maximum Gasteiger partial charge on any atom is 0.0631 e. The fourth-order valence-corrected chi connectivity index (χ4v) is 2.01. The van der Waals surface area contributed by atoms with E-state index in [4.69, 9.17) is 15.7 Å². The maximum atomic E-state index is 6.29. The van der Waals surface area contributed by atoms with Gasteiger partial charge >= 0.3 is 0 Å². The molecule has 0 heterocycles. The molecule has 0 N–H and O–H groups in total. The van der Waals surface area contributed by atoms with Crippen LogP contribution in [0, 0.1) is 17.3 Å². The molecule has 0 aromatic rings. The Balaban J connectivity index is 4.79. The van der Waals surface area contributed by atoms with E-state index in [2.05, 4.69) is 41.2 Å². The average molecular weight is 202 g/mol. The zero-order valence-electron chi connectivity index (χ0n) is 11.0. The van der Waals surface area contributed by atoms with Crippen LogP contribution in [0.2, 0.25) is 5.21 Å². The molecule has 2 unspecified atom stereocenters. The molecule has 0 saturated heterocycles. The highest BCUT2D eigenvalue weighted by Gasteiger charge is 2.38. The van der Waals surface area contributed by atoms with Crippen LogP contribution in [0.15, 0.2) is 12.7 Å². The molecule has 0 fully saturated rings. The van der Waals surface area contributed by atoms with Crippen LogP contribution >= 0.6 is 0 Å². The largest absolute Gasteiger partial charge is 0.103 e. The van der Waals surface area contributed by atoms with E-state index in [0.717, 1.165) is 12.8 Å². The molecule has 4 radical (unpaired) electrons. The topological polar surface area (TPSA) is 0 Å². The van der Waals surface area contributed by atoms with E-state index in [1.807, 2.05) is 6.08 Å². The van der Waals surface area contributed by atoms with Gasteiger partial charge in [0.25, 0.3) is 0 Å². The molecule has 82 valence electrons. The molecule has 2 atom stereocenters. The van der Waals surface area contributed by atoms with Gasteiger partial charge in [-0.3, -0.25) is 0 Å². The summed E-state index contributed by atoms with van der Waals surface area (Å²) in [6.07, 6.45) is 4.05. The van der Waals surface area contributed by atoms with E-state index >= 15 is 0 Å². The lowest BCUT2D eigenvalue weighted by Crippen LogP contribution is -2.38. The predicted molar refractivity (Wildman–Crippen MR) is 71.4 cm³/mol. The van der Waals surface area contributed by atoms with Gasteiger partial charge in [0, 0.05) is 0 Å².